The van der Waals surface area contributed by atoms with E-state index < -0.39 is 0 Å². The van der Waals surface area contributed by atoms with Crippen molar-refractivity contribution in [2.75, 3.05) is 11.9 Å². The molecule has 2 aromatic carbocycles. The molecular formula is C17H15ClN2OS. The van der Waals surface area contributed by atoms with Crippen molar-refractivity contribution >= 4 is 28.1 Å². The van der Waals surface area contributed by atoms with Crippen molar-refractivity contribution in [2.45, 2.75) is 6.04 Å². The van der Waals surface area contributed by atoms with Gasteiger partial charge in [-0.2, -0.15) is 0 Å². The summed E-state index contributed by atoms with van der Waals surface area (Å²) in [6.45, 7) is -0.0120. The zero-order valence-electron chi connectivity index (χ0n) is 11.7. The van der Waals surface area contributed by atoms with E-state index in [1.165, 1.54) is 0 Å². The van der Waals surface area contributed by atoms with Crippen molar-refractivity contribution in [3.63, 3.8) is 0 Å². The minimum Gasteiger partial charge on any atom is -0.394 e. The second-order valence-corrected chi connectivity index (χ2v) is 6.29. The molecule has 0 amide bonds. The highest BCUT2D eigenvalue weighted by atomic mass is 35.5. The standard InChI is InChI=1S/C17H15ClN2OS/c18-14-8-6-12(7-9-14)15(11-21)20-17-19-10-16(22-17)13-4-2-1-3-5-13/h1-10,15,21H,11H2,(H,19,20). The van der Waals surface area contributed by atoms with Crippen LogP contribution in [0, 0.1) is 0 Å². The van der Waals surface area contributed by atoms with E-state index in [0.717, 1.165) is 21.1 Å². The van der Waals surface area contributed by atoms with Gasteiger partial charge < -0.3 is 10.4 Å². The minimum absolute atomic E-state index is 0.0120. The highest BCUT2D eigenvalue weighted by Gasteiger charge is 2.12. The highest BCUT2D eigenvalue weighted by molar-refractivity contribution is 7.18. The number of halogens is 1. The molecule has 0 saturated heterocycles. The third kappa shape index (κ3) is 3.47. The first kappa shape index (κ1) is 15.0. The highest BCUT2D eigenvalue weighted by Crippen LogP contribution is 2.30. The number of aliphatic hydroxyl groups excluding tert-OH is 1. The Morgan fingerprint density at radius 2 is 1.82 bits per heavy atom. The van der Waals surface area contributed by atoms with Crippen LogP contribution in [0.1, 0.15) is 11.6 Å². The predicted molar refractivity (Wildman–Crippen MR) is 92.5 cm³/mol. The van der Waals surface area contributed by atoms with Crippen LogP contribution in [-0.2, 0) is 0 Å². The number of nitrogens with one attached hydrogen (secondary N) is 1. The van der Waals surface area contributed by atoms with Gasteiger partial charge in [-0.3, -0.25) is 0 Å². The maximum absolute atomic E-state index is 9.62. The Morgan fingerprint density at radius 1 is 1.09 bits per heavy atom. The van der Waals surface area contributed by atoms with E-state index in [2.05, 4.69) is 22.4 Å². The summed E-state index contributed by atoms with van der Waals surface area (Å²) in [5, 5.41) is 14.4. The molecule has 0 fully saturated rings. The van der Waals surface area contributed by atoms with Crippen LogP contribution in [0.25, 0.3) is 10.4 Å². The zero-order valence-corrected chi connectivity index (χ0v) is 13.3. The Balaban J connectivity index is 1.77. The molecule has 1 heterocycles. The van der Waals surface area contributed by atoms with Gasteiger partial charge in [-0.05, 0) is 23.3 Å². The van der Waals surface area contributed by atoms with E-state index in [-0.39, 0.29) is 12.6 Å². The number of hydrogen-bond acceptors (Lipinski definition) is 4. The Kier molecular flexibility index (Phi) is 4.73. The van der Waals surface area contributed by atoms with Crippen LogP contribution < -0.4 is 5.32 Å². The molecular weight excluding hydrogens is 316 g/mol. The molecule has 2 N–H and O–H groups in total. The molecule has 1 unspecified atom stereocenters. The molecule has 22 heavy (non-hydrogen) atoms. The summed E-state index contributed by atoms with van der Waals surface area (Å²) in [4.78, 5) is 5.49. The molecule has 1 atom stereocenters. The number of aromatic nitrogens is 1. The molecule has 0 aliphatic carbocycles. The quantitative estimate of drug-likeness (QED) is 0.718. The van der Waals surface area contributed by atoms with E-state index in [9.17, 15) is 5.11 Å². The lowest BCUT2D eigenvalue weighted by Gasteiger charge is -2.15. The van der Waals surface area contributed by atoms with Gasteiger partial charge in [0.25, 0.3) is 0 Å². The summed E-state index contributed by atoms with van der Waals surface area (Å²) in [7, 11) is 0. The molecule has 0 aliphatic rings. The topological polar surface area (TPSA) is 45.1 Å². The lowest BCUT2D eigenvalue weighted by molar-refractivity contribution is 0.276. The van der Waals surface area contributed by atoms with E-state index in [0.29, 0.717) is 5.02 Å². The fraction of sp³-hybridized carbons (Fsp3) is 0.118. The monoisotopic (exact) mass is 330 g/mol. The van der Waals surface area contributed by atoms with E-state index in [1.54, 1.807) is 11.3 Å². The van der Waals surface area contributed by atoms with Gasteiger partial charge in [0.15, 0.2) is 5.13 Å². The molecule has 5 heteroatoms. The van der Waals surface area contributed by atoms with Crippen LogP contribution in [0.15, 0.2) is 60.8 Å². The third-order valence-corrected chi connectivity index (χ3v) is 4.55. The minimum atomic E-state index is -0.202. The third-order valence-electron chi connectivity index (χ3n) is 3.32. The van der Waals surface area contributed by atoms with Gasteiger partial charge in [0.2, 0.25) is 0 Å². The largest absolute Gasteiger partial charge is 0.394 e. The summed E-state index contributed by atoms with van der Waals surface area (Å²) in [6.07, 6.45) is 1.85. The number of anilines is 1. The molecule has 1 aromatic heterocycles. The molecule has 3 aromatic rings. The van der Waals surface area contributed by atoms with Crippen molar-refractivity contribution in [3.8, 4) is 10.4 Å². The summed E-state index contributed by atoms with van der Waals surface area (Å²) in [6, 6.07) is 17.4. The van der Waals surface area contributed by atoms with E-state index >= 15 is 0 Å². The SMILES string of the molecule is OCC(Nc1ncc(-c2ccccc2)s1)c1ccc(Cl)cc1. The maximum Gasteiger partial charge on any atom is 0.183 e. The first-order valence-electron chi connectivity index (χ1n) is 6.90. The maximum atomic E-state index is 9.62. The van der Waals surface area contributed by atoms with Crippen LogP contribution in [-0.4, -0.2) is 16.7 Å². The number of thiazole rings is 1. The Morgan fingerprint density at radius 3 is 2.50 bits per heavy atom. The fourth-order valence-electron chi connectivity index (χ4n) is 2.16. The molecule has 112 valence electrons. The Hall–Kier alpha value is -1.88. The van der Waals surface area contributed by atoms with Crippen LogP contribution in [0.3, 0.4) is 0 Å². The van der Waals surface area contributed by atoms with Crippen molar-refractivity contribution in [1.29, 1.82) is 0 Å². The normalized spacial score (nSPS) is 12.1. The van der Waals surface area contributed by atoms with Gasteiger partial charge >= 0.3 is 0 Å². The summed E-state index contributed by atoms with van der Waals surface area (Å²) < 4.78 is 0. The van der Waals surface area contributed by atoms with Crippen LogP contribution in [0.2, 0.25) is 5.02 Å². The fourth-order valence-corrected chi connectivity index (χ4v) is 3.16. The van der Waals surface area contributed by atoms with E-state index in [1.807, 2.05) is 48.7 Å². The van der Waals surface area contributed by atoms with Gasteiger partial charge in [0.05, 0.1) is 17.5 Å². The Labute approximate surface area is 138 Å². The number of aliphatic hydroxyl groups is 1. The zero-order chi connectivity index (χ0) is 15.4. The lowest BCUT2D eigenvalue weighted by Crippen LogP contribution is -2.14. The first-order chi connectivity index (χ1) is 10.8. The van der Waals surface area contributed by atoms with Crippen molar-refractivity contribution in [1.82, 2.24) is 4.98 Å². The average molecular weight is 331 g/mol. The molecule has 3 nitrogen and oxygen atoms in total. The molecule has 0 saturated carbocycles. The number of benzene rings is 2. The summed E-state index contributed by atoms with van der Waals surface area (Å²) >= 11 is 7.47. The van der Waals surface area contributed by atoms with Crippen LogP contribution in [0.4, 0.5) is 5.13 Å². The van der Waals surface area contributed by atoms with Crippen molar-refractivity contribution in [3.05, 3.63) is 71.4 Å². The van der Waals surface area contributed by atoms with E-state index in [4.69, 9.17) is 11.6 Å². The van der Waals surface area contributed by atoms with Crippen LogP contribution in [0.5, 0.6) is 0 Å². The molecule has 0 aliphatic heterocycles. The van der Waals surface area contributed by atoms with Gasteiger partial charge in [0.1, 0.15) is 0 Å². The second-order valence-electron chi connectivity index (χ2n) is 4.83. The van der Waals surface area contributed by atoms with Gasteiger partial charge in [-0.25, -0.2) is 4.98 Å². The summed E-state index contributed by atoms with van der Waals surface area (Å²) in [5.74, 6) is 0. The Bertz CT molecular complexity index is 728. The number of hydrogen-bond donors (Lipinski definition) is 2. The molecule has 0 bridgehead atoms. The average Bonchev–Trinajstić information content (AvgIpc) is 3.03. The number of rotatable bonds is 5. The van der Waals surface area contributed by atoms with Crippen LogP contribution >= 0.6 is 22.9 Å². The smallest absolute Gasteiger partial charge is 0.183 e. The predicted octanol–water partition coefficient (Wildman–Crippen LogP) is 4.61. The van der Waals surface area contributed by atoms with Crippen molar-refractivity contribution in [2.24, 2.45) is 0 Å². The molecule has 0 spiro atoms. The number of nitrogens with zero attached hydrogens (tertiary/aromatic N) is 1. The van der Waals surface area contributed by atoms with Gasteiger partial charge in [-0.15, -0.1) is 0 Å². The second kappa shape index (κ2) is 6.92. The van der Waals surface area contributed by atoms with Gasteiger partial charge in [0, 0.05) is 11.2 Å². The molecule has 3 rings (SSSR count). The van der Waals surface area contributed by atoms with Crippen molar-refractivity contribution < 1.29 is 5.11 Å². The summed E-state index contributed by atoms with van der Waals surface area (Å²) in [5.41, 5.74) is 2.11. The van der Waals surface area contributed by atoms with Gasteiger partial charge in [-0.1, -0.05) is 65.4 Å². The molecule has 0 radical (unpaired) electrons. The lowest BCUT2D eigenvalue weighted by atomic mass is 10.1. The first-order valence-corrected chi connectivity index (χ1v) is 8.10.